The first-order valence-electron chi connectivity index (χ1n) is 5.85. The van der Waals surface area contributed by atoms with E-state index in [0.29, 0.717) is 17.7 Å². The average molecular weight is 252 g/mol. The number of hydrogen-bond acceptors (Lipinski definition) is 5. The van der Waals surface area contributed by atoms with Crippen molar-refractivity contribution in [2.45, 2.75) is 13.5 Å². The highest BCUT2D eigenvalue weighted by Gasteiger charge is 2.09. The predicted octanol–water partition coefficient (Wildman–Crippen LogP) is 1.12. The number of nitrogens with zero attached hydrogens (tertiary/aromatic N) is 5. The van der Waals surface area contributed by atoms with Gasteiger partial charge in [0.2, 0.25) is 0 Å². The van der Waals surface area contributed by atoms with Crippen molar-refractivity contribution in [3.05, 3.63) is 41.2 Å². The molecule has 1 aromatic heterocycles. The van der Waals surface area contributed by atoms with Crippen molar-refractivity contribution < 1.29 is 0 Å². The van der Waals surface area contributed by atoms with Crippen molar-refractivity contribution in [3.8, 4) is 17.8 Å². The molecule has 94 valence electrons. The lowest BCUT2D eigenvalue weighted by molar-refractivity contribution is 0.672. The Bertz CT molecular complexity index is 659. The van der Waals surface area contributed by atoms with Gasteiger partial charge in [0.05, 0.1) is 28.7 Å². The molecular weight excluding hydrogens is 240 g/mol. The Labute approximate surface area is 110 Å². The number of nitrogens with one attached hydrogen (secondary N) is 1. The minimum Gasteiger partial charge on any atom is -0.311 e. The van der Waals surface area contributed by atoms with Crippen LogP contribution in [0.4, 0.5) is 0 Å². The lowest BCUT2D eigenvalue weighted by Gasteiger charge is -2.07. The van der Waals surface area contributed by atoms with Crippen LogP contribution in [0.2, 0.25) is 0 Å². The summed E-state index contributed by atoms with van der Waals surface area (Å²) in [7, 11) is 0. The molecule has 0 spiro atoms. The second-order valence-electron chi connectivity index (χ2n) is 3.87. The Kier molecular flexibility index (Phi) is 3.87. The zero-order chi connectivity index (χ0) is 13.7. The topological polar surface area (TPSA) is 90.3 Å². The molecule has 0 fully saturated rings. The van der Waals surface area contributed by atoms with Gasteiger partial charge in [0.25, 0.3) is 0 Å². The second-order valence-corrected chi connectivity index (χ2v) is 3.87. The molecule has 6 heteroatoms. The molecule has 0 saturated carbocycles. The maximum atomic E-state index is 9.02. The summed E-state index contributed by atoms with van der Waals surface area (Å²) >= 11 is 0. The van der Waals surface area contributed by atoms with Crippen molar-refractivity contribution >= 4 is 0 Å². The van der Waals surface area contributed by atoms with Crippen LogP contribution in [0.25, 0.3) is 5.69 Å². The van der Waals surface area contributed by atoms with Gasteiger partial charge in [-0.15, -0.1) is 5.10 Å². The van der Waals surface area contributed by atoms with Crippen molar-refractivity contribution in [2.75, 3.05) is 6.54 Å². The van der Waals surface area contributed by atoms with Crippen LogP contribution in [0.15, 0.2) is 24.4 Å². The third-order valence-corrected chi connectivity index (χ3v) is 2.66. The van der Waals surface area contributed by atoms with Gasteiger partial charge in [-0.25, -0.2) is 4.68 Å². The largest absolute Gasteiger partial charge is 0.311 e. The van der Waals surface area contributed by atoms with E-state index < -0.39 is 0 Å². The summed E-state index contributed by atoms with van der Waals surface area (Å²) in [6, 6.07) is 9.01. The molecule has 0 unspecified atom stereocenters. The highest BCUT2D eigenvalue weighted by molar-refractivity contribution is 5.51. The molecule has 2 rings (SSSR count). The summed E-state index contributed by atoms with van der Waals surface area (Å²) in [5.41, 5.74) is 2.32. The summed E-state index contributed by atoms with van der Waals surface area (Å²) in [6.45, 7) is 3.51. The molecule has 0 radical (unpaired) electrons. The maximum Gasteiger partial charge on any atom is 0.101 e. The molecule has 0 bridgehead atoms. The molecule has 6 nitrogen and oxygen atoms in total. The van der Waals surface area contributed by atoms with Crippen molar-refractivity contribution in [2.24, 2.45) is 0 Å². The van der Waals surface area contributed by atoms with Gasteiger partial charge in [-0.1, -0.05) is 12.1 Å². The Morgan fingerprint density at radius 1 is 1.26 bits per heavy atom. The molecule has 0 aliphatic carbocycles. The van der Waals surface area contributed by atoms with Gasteiger partial charge in [-0.05, 0) is 24.7 Å². The molecule has 1 heterocycles. The Morgan fingerprint density at radius 2 is 2.05 bits per heavy atom. The van der Waals surface area contributed by atoms with Crippen LogP contribution < -0.4 is 5.32 Å². The standard InChI is InChI=1S/C13H12N6/c1-2-16-8-13-9-17-18-19(13)12-4-3-10(6-14)11(5-12)7-15/h3-5,9,16H,2,8H2,1H3. The van der Waals surface area contributed by atoms with Crippen LogP contribution >= 0.6 is 0 Å². The SMILES string of the molecule is CCNCc1cnnn1-c1ccc(C#N)c(C#N)c1. The Balaban J connectivity index is 2.41. The summed E-state index contributed by atoms with van der Waals surface area (Å²) in [5.74, 6) is 0. The van der Waals surface area contributed by atoms with Gasteiger partial charge in [0.1, 0.15) is 12.1 Å². The minimum atomic E-state index is 0.338. The zero-order valence-corrected chi connectivity index (χ0v) is 10.5. The quantitative estimate of drug-likeness (QED) is 0.880. The number of nitriles is 2. The van der Waals surface area contributed by atoms with Gasteiger partial charge in [-0.3, -0.25) is 0 Å². The fourth-order valence-corrected chi connectivity index (χ4v) is 1.70. The highest BCUT2D eigenvalue weighted by atomic mass is 15.4. The van der Waals surface area contributed by atoms with Gasteiger partial charge >= 0.3 is 0 Å². The lowest BCUT2D eigenvalue weighted by Crippen LogP contribution is -2.15. The number of hydrogen-bond donors (Lipinski definition) is 1. The first kappa shape index (κ1) is 12.7. The summed E-state index contributed by atoms with van der Waals surface area (Å²) in [4.78, 5) is 0. The normalized spacial score (nSPS) is 9.84. The second kappa shape index (κ2) is 5.76. The van der Waals surface area contributed by atoms with Crippen LogP contribution in [-0.2, 0) is 6.54 Å². The zero-order valence-electron chi connectivity index (χ0n) is 10.5. The molecule has 0 saturated heterocycles. The fraction of sp³-hybridized carbons (Fsp3) is 0.231. The van der Waals surface area contributed by atoms with Crippen molar-refractivity contribution in [3.63, 3.8) is 0 Å². The summed E-state index contributed by atoms with van der Waals surface area (Å²) in [5, 5.41) is 29.0. The van der Waals surface area contributed by atoms with Crippen molar-refractivity contribution in [1.29, 1.82) is 10.5 Å². The van der Waals surface area contributed by atoms with E-state index in [0.717, 1.165) is 17.9 Å². The van der Waals surface area contributed by atoms with Gasteiger partial charge in [-0.2, -0.15) is 10.5 Å². The van der Waals surface area contributed by atoms with Crippen LogP contribution in [0.1, 0.15) is 23.7 Å². The Morgan fingerprint density at radius 3 is 2.74 bits per heavy atom. The molecule has 0 atom stereocenters. The van der Waals surface area contributed by atoms with Gasteiger partial charge in [0, 0.05) is 6.54 Å². The van der Waals surface area contributed by atoms with E-state index >= 15 is 0 Å². The summed E-state index contributed by atoms with van der Waals surface area (Å²) < 4.78 is 1.66. The van der Waals surface area contributed by atoms with E-state index in [2.05, 4.69) is 15.6 Å². The third kappa shape index (κ3) is 2.59. The number of aromatic nitrogens is 3. The first-order chi connectivity index (χ1) is 9.30. The number of benzene rings is 1. The number of rotatable bonds is 4. The van der Waals surface area contributed by atoms with E-state index in [-0.39, 0.29) is 0 Å². The fourth-order valence-electron chi connectivity index (χ4n) is 1.70. The van der Waals surface area contributed by atoms with Crippen LogP contribution in [-0.4, -0.2) is 21.5 Å². The molecule has 0 aliphatic rings. The lowest BCUT2D eigenvalue weighted by atomic mass is 10.1. The van der Waals surface area contributed by atoms with Crippen LogP contribution in [0.5, 0.6) is 0 Å². The maximum absolute atomic E-state index is 9.02. The van der Waals surface area contributed by atoms with Crippen molar-refractivity contribution in [1.82, 2.24) is 20.3 Å². The summed E-state index contributed by atoms with van der Waals surface area (Å²) in [6.07, 6.45) is 1.67. The van der Waals surface area contributed by atoms with E-state index in [9.17, 15) is 0 Å². The molecule has 0 aliphatic heterocycles. The smallest absolute Gasteiger partial charge is 0.101 e. The van der Waals surface area contributed by atoms with E-state index in [1.807, 2.05) is 19.1 Å². The van der Waals surface area contributed by atoms with Gasteiger partial charge < -0.3 is 5.32 Å². The van der Waals surface area contributed by atoms with E-state index in [4.69, 9.17) is 10.5 Å². The van der Waals surface area contributed by atoms with E-state index in [1.165, 1.54) is 0 Å². The Hall–Kier alpha value is -2.70. The minimum absolute atomic E-state index is 0.338. The van der Waals surface area contributed by atoms with Crippen LogP contribution in [0, 0.1) is 22.7 Å². The molecule has 2 aromatic rings. The molecular formula is C13H12N6. The third-order valence-electron chi connectivity index (χ3n) is 2.66. The molecule has 19 heavy (non-hydrogen) atoms. The van der Waals surface area contributed by atoms with E-state index in [1.54, 1.807) is 29.1 Å². The van der Waals surface area contributed by atoms with Crippen LogP contribution in [0.3, 0.4) is 0 Å². The first-order valence-corrected chi connectivity index (χ1v) is 5.85. The predicted molar refractivity (Wildman–Crippen MR) is 68.2 cm³/mol. The molecule has 1 aromatic carbocycles. The molecule has 0 amide bonds. The van der Waals surface area contributed by atoms with Gasteiger partial charge in [0.15, 0.2) is 0 Å². The average Bonchev–Trinajstić information content (AvgIpc) is 2.92. The molecule has 1 N–H and O–H groups in total. The highest BCUT2D eigenvalue weighted by Crippen LogP contribution is 2.15. The monoisotopic (exact) mass is 252 g/mol.